The molecule has 0 fully saturated rings. The second-order valence-electron chi connectivity index (χ2n) is 4.00. The average molecular weight is 288 g/mol. The number of rotatable bonds is 7. The van der Waals surface area contributed by atoms with Crippen LogP contribution in [-0.2, 0) is 4.79 Å². The maximum Gasteiger partial charge on any atom is 0.225 e. The van der Waals surface area contributed by atoms with Gasteiger partial charge in [0.25, 0.3) is 0 Å². The van der Waals surface area contributed by atoms with Crippen molar-refractivity contribution < 1.29 is 9.90 Å². The van der Waals surface area contributed by atoms with E-state index in [1.54, 1.807) is 30.0 Å². The molecule has 3 nitrogen and oxygen atoms in total. The Bertz CT molecular complexity index is 387. The molecule has 0 heterocycles. The number of anilines is 1. The lowest BCUT2D eigenvalue weighted by atomic mass is 10.3. The van der Waals surface area contributed by atoms with Crippen molar-refractivity contribution >= 4 is 35.0 Å². The lowest BCUT2D eigenvalue weighted by Crippen LogP contribution is -2.13. The Hall–Kier alpha value is -0.710. The molecule has 0 aliphatic carbocycles. The molecule has 1 aromatic rings. The Kier molecular flexibility index (Phi) is 7.16. The summed E-state index contributed by atoms with van der Waals surface area (Å²) in [4.78, 5) is 11.6. The number of benzene rings is 1. The smallest absolute Gasteiger partial charge is 0.225 e. The number of nitrogens with one attached hydrogen (secondary N) is 1. The van der Waals surface area contributed by atoms with Crippen LogP contribution in [0.1, 0.15) is 19.8 Å². The first kappa shape index (κ1) is 15.3. The molecule has 100 valence electrons. The van der Waals surface area contributed by atoms with Gasteiger partial charge in [-0.1, -0.05) is 24.6 Å². The van der Waals surface area contributed by atoms with Gasteiger partial charge in [-0.05, 0) is 24.6 Å². The van der Waals surface area contributed by atoms with Crippen LogP contribution < -0.4 is 5.32 Å². The molecule has 1 atom stereocenters. The first-order chi connectivity index (χ1) is 8.61. The van der Waals surface area contributed by atoms with Gasteiger partial charge in [-0.3, -0.25) is 4.79 Å². The molecule has 0 aliphatic rings. The molecule has 1 amide bonds. The number of hydrogen-bond donors (Lipinski definition) is 2. The van der Waals surface area contributed by atoms with E-state index in [1.165, 1.54) is 0 Å². The van der Waals surface area contributed by atoms with Crippen molar-refractivity contribution in [3.05, 3.63) is 29.3 Å². The van der Waals surface area contributed by atoms with Crippen LogP contribution in [0.4, 0.5) is 5.69 Å². The van der Waals surface area contributed by atoms with E-state index in [1.807, 2.05) is 6.07 Å². The zero-order valence-corrected chi connectivity index (χ0v) is 11.9. The minimum atomic E-state index is -0.0130. The van der Waals surface area contributed by atoms with Gasteiger partial charge in [0, 0.05) is 34.7 Å². The van der Waals surface area contributed by atoms with Crippen LogP contribution >= 0.6 is 23.4 Å². The summed E-state index contributed by atoms with van der Waals surface area (Å²) in [6.45, 7) is 2.25. The Morgan fingerprint density at radius 1 is 1.56 bits per heavy atom. The molecule has 18 heavy (non-hydrogen) atoms. The normalized spacial score (nSPS) is 12.2. The molecule has 0 spiro atoms. The summed E-state index contributed by atoms with van der Waals surface area (Å²) >= 11 is 7.53. The first-order valence-electron chi connectivity index (χ1n) is 5.89. The van der Waals surface area contributed by atoms with Gasteiger partial charge in [0.2, 0.25) is 5.91 Å². The first-order valence-corrected chi connectivity index (χ1v) is 7.32. The third-order valence-electron chi connectivity index (χ3n) is 2.38. The lowest BCUT2D eigenvalue weighted by Gasteiger charge is -2.09. The van der Waals surface area contributed by atoms with Crippen molar-refractivity contribution in [3.63, 3.8) is 0 Å². The predicted octanol–water partition coefficient (Wildman–Crippen LogP) is 3.17. The number of carbonyl (C=O) groups is 1. The maximum absolute atomic E-state index is 11.6. The lowest BCUT2D eigenvalue weighted by molar-refractivity contribution is -0.115. The molecular formula is C13H18ClNO2S. The van der Waals surface area contributed by atoms with E-state index in [-0.39, 0.29) is 12.5 Å². The molecule has 5 heteroatoms. The van der Waals surface area contributed by atoms with Gasteiger partial charge in [0.1, 0.15) is 0 Å². The second kappa shape index (κ2) is 8.40. The standard InChI is InChI=1S/C13H18ClNO2S/c1-10(5-7-16)18-8-6-13(17)15-12-4-2-3-11(14)9-12/h2-4,9-10,16H,5-8H2,1H3,(H,15,17). The minimum absolute atomic E-state index is 0.0130. The molecule has 0 radical (unpaired) electrons. The van der Waals surface area contributed by atoms with Crippen molar-refractivity contribution in [1.29, 1.82) is 0 Å². The van der Waals surface area contributed by atoms with Gasteiger partial charge in [0.15, 0.2) is 0 Å². The van der Waals surface area contributed by atoms with Crippen LogP contribution in [0.3, 0.4) is 0 Å². The highest BCUT2D eigenvalue weighted by Crippen LogP contribution is 2.17. The Morgan fingerprint density at radius 2 is 2.33 bits per heavy atom. The van der Waals surface area contributed by atoms with Crippen LogP contribution in [0.15, 0.2) is 24.3 Å². The SMILES string of the molecule is CC(CCO)SCCC(=O)Nc1cccc(Cl)c1. The quantitative estimate of drug-likeness (QED) is 0.810. The summed E-state index contributed by atoms with van der Waals surface area (Å²) in [6.07, 6.45) is 1.23. The second-order valence-corrected chi connectivity index (χ2v) is 5.98. The highest BCUT2D eigenvalue weighted by Gasteiger charge is 2.05. The summed E-state index contributed by atoms with van der Waals surface area (Å²) in [5, 5.41) is 12.6. The van der Waals surface area contributed by atoms with Gasteiger partial charge in [-0.2, -0.15) is 11.8 Å². The third kappa shape index (κ3) is 6.28. The molecule has 0 saturated carbocycles. The van der Waals surface area contributed by atoms with Crippen LogP contribution in [0.25, 0.3) is 0 Å². The molecule has 0 bridgehead atoms. The maximum atomic E-state index is 11.6. The number of hydrogen-bond acceptors (Lipinski definition) is 3. The number of halogens is 1. The molecule has 0 aromatic heterocycles. The van der Waals surface area contributed by atoms with E-state index in [2.05, 4.69) is 12.2 Å². The predicted molar refractivity (Wildman–Crippen MR) is 78.3 cm³/mol. The van der Waals surface area contributed by atoms with E-state index >= 15 is 0 Å². The molecule has 0 saturated heterocycles. The van der Waals surface area contributed by atoms with Crippen molar-refractivity contribution in [2.45, 2.75) is 25.0 Å². The van der Waals surface area contributed by atoms with Crippen LogP contribution in [0, 0.1) is 0 Å². The fourth-order valence-electron chi connectivity index (χ4n) is 1.41. The fraction of sp³-hybridized carbons (Fsp3) is 0.462. The van der Waals surface area contributed by atoms with Gasteiger partial charge in [-0.15, -0.1) is 0 Å². The average Bonchev–Trinajstić information content (AvgIpc) is 2.29. The molecule has 1 rings (SSSR count). The molecular weight excluding hydrogens is 270 g/mol. The zero-order chi connectivity index (χ0) is 13.4. The van der Waals surface area contributed by atoms with Crippen LogP contribution in [0.2, 0.25) is 5.02 Å². The van der Waals surface area contributed by atoms with E-state index in [4.69, 9.17) is 16.7 Å². The molecule has 2 N–H and O–H groups in total. The van der Waals surface area contributed by atoms with Crippen molar-refractivity contribution in [3.8, 4) is 0 Å². The number of aliphatic hydroxyl groups is 1. The zero-order valence-electron chi connectivity index (χ0n) is 10.4. The van der Waals surface area contributed by atoms with Gasteiger partial charge in [0.05, 0.1) is 0 Å². The van der Waals surface area contributed by atoms with Crippen molar-refractivity contribution in [2.75, 3.05) is 17.7 Å². The van der Waals surface area contributed by atoms with E-state index in [9.17, 15) is 4.79 Å². The summed E-state index contributed by atoms with van der Waals surface area (Å²) in [6, 6.07) is 7.10. The Labute approximate surface area is 117 Å². The summed E-state index contributed by atoms with van der Waals surface area (Å²) in [5.41, 5.74) is 0.723. The number of carbonyl (C=O) groups excluding carboxylic acids is 1. The van der Waals surface area contributed by atoms with E-state index in [0.29, 0.717) is 16.7 Å². The molecule has 1 unspecified atom stereocenters. The van der Waals surface area contributed by atoms with Crippen LogP contribution in [-0.4, -0.2) is 28.6 Å². The Balaban J connectivity index is 2.25. The summed E-state index contributed by atoms with van der Waals surface area (Å²) in [7, 11) is 0. The van der Waals surface area contributed by atoms with Crippen LogP contribution in [0.5, 0.6) is 0 Å². The van der Waals surface area contributed by atoms with Crippen molar-refractivity contribution in [1.82, 2.24) is 0 Å². The Morgan fingerprint density at radius 3 is 3.00 bits per heavy atom. The van der Waals surface area contributed by atoms with E-state index in [0.717, 1.165) is 17.9 Å². The highest BCUT2D eigenvalue weighted by atomic mass is 35.5. The highest BCUT2D eigenvalue weighted by molar-refractivity contribution is 7.99. The minimum Gasteiger partial charge on any atom is -0.396 e. The topological polar surface area (TPSA) is 49.3 Å². The summed E-state index contributed by atoms with van der Waals surface area (Å²) < 4.78 is 0. The van der Waals surface area contributed by atoms with Crippen molar-refractivity contribution in [2.24, 2.45) is 0 Å². The van der Waals surface area contributed by atoms with E-state index < -0.39 is 0 Å². The largest absolute Gasteiger partial charge is 0.396 e. The number of aliphatic hydroxyl groups excluding tert-OH is 1. The number of thioether (sulfide) groups is 1. The monoisotopic (exact) mass is 287 g/mol. The van der Waals surface area contributed by atoms with Gasteiger partial charge >= 0.3 is 0 Å². The van der Waals surface area contributed by atoms with Gasteiger partial charge in [-0.25, -0.2) is 0 Å². The third-order valence-corrected chi connectivity index (χ3v) is 3.86. The van der Waals surface area contributed by atoms with Gasteiger partial charge < -0.3 is 10.4 Å². The fourth-order valence-corrected chi connectivity index (χ4v) is 2.58. The summed E-state index contributed by atoms with van der Waals surface area (Å²) in [5.74, 6) is 0.745. The number of amides is 1. The molecule has 1 aromatic carbocycles. The molecule has 0 aliphatic heterocycles.